The van der Waals surface area contributed by atoms with Gasteiger partial charge < -0.3 is 10.4 Å². The number of para-hydroxylation sites is 1. The number of anilines is 2. The third-order valence-electron chi connectivity index (χ3n) is 2.74. The number of benzene rings is 2. The van der Waals surface area contributed by atoms with Crippen LogP contribution in [0.2, 0.25) is 0 Å². The van der Waals surface area contributed by atoms with Crippen LogP contribution < -0.4 is 10.0 Å². The number of sulfonamides is 1. The summed E-state index contributed by atoms with van der Waals surface area (Å²) in [7, 11) is -3.55. The summed E-state index contributed by atoms with van der Waals surface area (Å²) in [5.41, 5.74) is 1.09. The van der Waals surface area contributed by atoms with Gasteiger partial charge in [0.1, 0.15) is 11.6 Å². The molecule has 0 spiro atoms. The van der Waals surface area contributed by atoms with Crippen LogP contribution >= 0.6 is 0 Å². The molecule has 0 saturated carbocycles. The molecule has 0 unspecified atom stereocenters. The predicted octanol–water partition coefficient (Wildman–Crippen LogP) is 2.51. The van der Waals surface area contributed by atoms with Gasteiger partial charge in [0.05, 0.1) is 11.9 Å². The fraction of sp³-hybridized carbons (Fsp3) is 0.143. The van der Waals surface area contributed by atoms with Crippen LogP contribution in [-0.4, -0.2) is 19.8 Å². The van der Waals surface area contributed by atoms with Crippen molar-refractivity contribution in [1.29, 1.82) is 0 Å². The van der Waals surface area contributed by atoms with E-state index < -0.39 is 15.8 Å². The summed E-state index contributed by atoms with van der Waals surface area (Å²) in [6, 6.07) is 10.8. The molecule has 3 N–H and O–H groups in total. The first-order valence-electron chi connectivity index (χ1n) is 6.13. The predicted molar refractivity (Wildman–Crippen MR) is 80.3 cm³/mol. The summed E-state index contributed by atoms with van der Waals surface area (Å²) in [4.78, 5) is 0. The maximum absolute atomic E-state index is 13.5. The average Bonchev–Trinajstić information content (AvgIpc) is 2.39. The smallest absolute Gasteiger partial charge is 0.229 e. The van der Waals surface area contributed by atoms with Gasteiger partial charge in [-0.2, -0.15) is 0 Å². The highest BCUT2D eigenvalue weighted by atomic mass is 32.2. The lowest BCUT2D eigenvalue weighted by Gasteiger charge is -2.11. The topological polar surface area (TPSA) is 78.4 Å². The Labute approximate surface area is 122 Å². The molecule has 112 valence electrons. The molecule has 0 heterocycles. The van der Waals surface area contributed by atoms with E-state index in [1.165, 1.54) is 18.2 Å². The Kier molecular flexibility index (Phi) is 4.32. The summed E-state index contributed by atoms with van der Waals surface area (Å²) in [6.45, 7) is 0.330. The molecule has 0 amide bonds. The second-order valence-electron chi connectivity index (χ2n) is 4.55. The lowest BCUT2D eigenvalue weighted by molar-refractivity contribution is 0.469. The first-order valence-corrected chi connectivity index (χ1v) is 8.02. The molecule has 0 bridgehead atoms. The van der Waals surface area contributed by atoms with Crippen molar-refractivity contribution >= 4 is 21.4 Å². The molecule has 21 heavy (non-hydrogen) atoms. The van der Waals surface area contributed by atoms with E-state index in [0.717, 1.165) is 6.26 Å². The summed E-state index contributed by atoms with van der Waals surface area (Å²) in [5.74, 6) is -0.505. The average molecular weight is 310 g/mol. The summed E-state index contributed by atoms with van der Waals surface area (Å²) in [5, 5.41) is 12.6. The number of rotatable bonds is 5. The molecule has 0 saturated heterocycles. The molecule has 0 aliphatic rings. The van der Waals surface area contributed by atoms with Gasteiger partial charge in [0.25, 0.3) is 0 Å². The van der Waals surface area contributed by atoms with Crippen molar-refractivity contribution in [1.82, 2.24) is 0 Å². The van der Waals surface area contributed by atoms with Crippen LogP contribution in [0, 0.1) is 5.82 Å². The molecule has 0 atom stereocenters. The first kappa shape index (κ1) is 15.1. The molecular weight excluding hydrogens is 295 g/mol. The Morgan fingerprint density at radius 2 is 1.90 bits per heavy atom. The molecule has 0 aromatic heterocycles. The minimum atomic E-state index is -3.55. The number of phenolic OH excluding ortho intramolecular Hbond substituents is 1. The Bertz CT molecular complexity index is 748. The summed E-state index contributed by atoms with van der Waals surface area (Å²) < 4.78 is 38.0. The number of phenols is 1. The fourth-order valence-electron chi connectivity index (χ4n) is 1.77. The standard InChI is InChI=1S/C14H15FN2O3S/c1-21(19,20)17-13-8-11(6-7-12(13)15)16-9-10-4-2-3-5-14(10)18/h2-8,16-18H,9H2,1H3. The van der Waals surface area contributed by atoms with E-state index in [4.69, 9.17) is 0 Å². The van der Waals surface area contributed by atoms with Crippen LogP contribution in [0.25, 0.3) is 0 Å². The van der Waals surface area contributed by atoms with Gasteiger partial charge >= 0.3 is 0 Å². The van der Waals surface area contributed by atoms with Gasteiger partial charge in [0, 0.05) is 17.8 Å². The van der Waals surface area contributed by atoms with Crippen LogP contribution in [0.3, 0.4) is 0 Å². The second kappa shape index (κ2) is 6.01. The van der Waals surface area contributed by atoms with Gasteiger partial charge in [0.15, 0.2) is 0 Å². The lowest BCUT2D eigenvalue weighted by atomic mass is 10.2. The Morgan fingerprint density at radius 3 is 2.57 bits per heavy atom. The zero-order chi connectivity index (χ0) is 15.5. The number of hydrogen-bond donors (Lipinski definition) is 3. The minimum absolute atomic E-state index is 0.125. The molecule has 0 radical (unpaired) electrons. The van der Waals surface area contributed by atoms with Crippen LogP contribution in [0.4, 0.5) is 15.8 Å². The number of aromatic hydroxyl groups is 1. The zero-order valence-electron chi connectivity index (χ0n) is 11.3. The third kappa shape index (κ3) is 4.35. The van der Waals surface area contributed by atoms with Gasteiger partial charge in [-0.25, -0.2) is 12.8 Å². The Balaban J connectivity index is 2.14. The summed E-state index contributed by atoms with van der Waals surface area (Å²) in [6.07, 6.45) is 0.953. The minimum Gasteiger partial charge on any atom is -0.508 e. The molecular formula is C14H15FN2O3S. The van der Waals surface area contributed by atoms with Crippen molar-refractivity contribution in [2.75, 3.05) is 16.3 Å². The fourth-order valence-corrected chi connectivity index (χ4v) is 2.33. The highest BCUT2D eigenvalue weighted by molar-refractivity contribution is 7.92. The SMILES string of the molecule is CS(=O)(=O)Nc1cc(NCc2ccccc2O)ccc1F. The Hall–Kier alpha value is -2.28. The molecule has 0 aliphatic heterocycles. The van der Waals surface area contributed by atoms with Crippen LogP contribution in [-0.2, 0) is 16.6 Å². The van der Waals surface area contributed by atoms with Gasteiger partial charge in [0.2, 0.25) is 10.0 Å². The number of halogens is 1. The van der Waals surface area contributed by atoms with E-state index in [0.29, 0.717) is 17.8 Å². The maximum Gasteiger partial charge on any atom is 0.229 e. The highest BCUT2D eigenvalue weighted by Gasteiger charge is 2.09. The largest absolute Gasteiger partial charge is 0.508 e. The number of hydrogen-bond acceptors (Lipinski definition) is 4. The van der Waals surface area contributed by atoms with Crippen molar-refractivity contribution in [2.24, 2.45) is 0 Å². The number of nitrogens with one attached hydrogen (secondary N) is 2. The van der Waals surface area contributed by atoms with Gasteiger partial charge in [-0.1, -0.05) is 18.2 Å². The first-order chi connectivity index (χ1) is 9.85. The van der Waals surface area contributed by atoms with Crippen molar-refractivity contribution < 1.29 is 17.9 Å². The molecule has 0 fully saturated rings. The molecule has 7 heteroatoms. The van der Waals surface area contributed by atoms with E-state index in [9.17, 15) is 17.9 Å². The van der Waals surface area contributed by atoms with Crippen molar-refractivity contribution in [3.8, 4) is 5.75 Å². The van der Waals surface area contributed by atoms with Crippen LogP contribution in [0.15, 0.2) is 42.5 Å². The molecule has 0 aliphatic carbocycles. The van der Waals surface area contributed by atoms with E-state index in [1.807, 2.05) is 0 Å². The zero-order valence-corrected chi connectivity index (χ0v) is 12.1. The van der Waals surface area contributed by atoms with Gasteiger partial charge in [-0.15, -0.1) is 0 Å². The van der Waals surface area contributed by atoms with E-state index in [2.05, 4.69) is 10.0 Å². The van der Waals surface area contributed by atoms with Crippen LogP contribution in [0.5, 0.6) is 5.75 Å². The highest BCUT2D eigenvalue weighted by Crippen LogP contribution is 2.22. The van der Waals surface area contributed by atoms with Crippen LogP contribution in [0.1, 0.15) is 5.56 Å². The monoisotopic (exact) mass is 310 g/mol. The maximum atomic E-state index is 13.5. The Morgan fingerprint density at radius 1 is 1.19 bits per heavy atom. The normalized spacial score (nSPS) is 11.1. The van der Waals surface area contributed by atoms with E-state index >= 15 is 0 Å². The quantitative estimate of drug-likeness (QED) is 0.793. The van der Waals surface area contributed by atoms with Crippen molar-refractivity contribution in [2.45, 2.75) is 6.54 Å². The van der Waals surface area contributed by atoms with Crippen molar-refractivity contribution in [3.05, 3.63) is 53.8 Å². The van der Waals surface area contributed by atoms with Crippen molar-refractivity contribution in [3.63, 3.8) is 0 Å². The van der Waals surface area contributed by atoms with E-state index in [-0.39, 0.29) is 11.4 Å². The lowest BCUT2D eigenvalue weighted by Crippen LogP contribution is -2.11. The molecule has 2 aromatic rings. The molecule has 5 nitrogen and oxygen atoms in total. The third-order valence-corrected chi connectivity index (χ3v) is 3.33. The van der Waals surface area contributed by atoms with Gasteiger partial charge in [-0.05, 0) is 24.3 Å². The van der Waals surface area contributed by atoms with Gasteiger partial charge in [-0.3, -0.25) is 4.72 Å². The molecule has 2 rings (SSSR count). The second-order valence-corrected chi connectivity index (χ2v) is 6.30. The molecule has 2 aromatic carbocycles. The summed E-state index contributed by atoms with van der Waals surface area (Å²) >= 11 is 0. The van der Waals surface area contributed by atoms with E-state index in [1.54, 1.807) is 24.3 Å².